The average Bonchev–Trinajstić information content (AvgIpc) is 3.89. The molecule has 13 aromatic rings. The lowest BCUT2D eigenvalue weighted by molar-refractivity contribution is 1.07. The van der Waals surface area contributed by atoms with Crippen LogP contribution >= 0.6 is 11.3 Å². The van der Waals surface area contributed by atoms with Crippen LogP contribution in [0, 0.1) is 0 Å². The molecule has 0 aliphatic rings. The summed E-state index contributed by atoms with van der Waals surface area (Å²) in [6, 6.07) is 74.1. The first kappa shape index (κ1) is 34.8. The minimum atomic E-state index is 0.621. The number of fused-ring (bicyclic) bond motifs is 10. The van der Waals surface area contributed by atoms with Crippen molar-refractivity contribution in [2.24, 2.45) is 0 Å². The molecule has 0 saturated carbocycles. The number of hydrogen-bond donors (Lipinski definition) is 0. The number of thiophene rings is 1. The zero-order valence-electron chi connectivity index (χ0n) is 33.3. The molecule has 3 aromatic heterocycles. The molecule has 5 heteroatoms. The molecular weight excluding hydrogens is 773 g/mol. The second-order valence-electron chi connectivity index (χ2n) is 16.0. The summed E-state index contributed by atoms with van der Waals surface area (Å²) < 4.78 is 5.02. The van der Waals surface area contributed by atoms with Gasteiger partial charge in [0.25, 0.3) is 0 Å². The second kappa shape index (κ2) is 13.8. The number of benzene rings is 10. The Labute approximate surface area is 360 Å². The maximum atomic E-state index is 5.29. The van der Waals surface area contributed by atoms with Gasteiger partial charge >= 0.3 is 0 Å². The van der Waals surface area contributed by atoms with E-state index in [0.29, 0.717) is 17.5 Å². The topological polar surface area (TPSA) is 43.6 Å². The first-order valence-corrected chi connectivity index (χ1v) is 21.7. The second-order valence-corrected chi connectivity index (χ2v) is 17.0. The first-order chi connectivity index (χ1) is 30.7. The lowest BCUT2D eigenvalue weighted by Gasteiger charge is -2.18. The Balaban J connectivity index is 1.14. The van der Waals surface area contributed by atoms with Crippen LogP contribution in [0.2, 0.25) is 0 Å². The number of para-hydroxylation sites is 1. The Hall–Kier alpha value is -7.99. The van der Waals surface area contributed by atoms with Crippen LogP contribution < -0.4 is 0 Å². The van der Waals surface area contributed by atoms with E-state index in [0.717, 1.165) is 44.4 Å². The summed E-state index contributed by atoms with van der Waals surface area (Å²) in [5.74, 6) is 1.89. The van der Waals surface area contributed by atoms with Crippen molar-refractivity contribution in [3.63, 3.8) is 0 Å². The van der Waals surface area contributed by atoms with Gasteiger partial charge in [-0.1, -0.05) is 152 Å². The molecular formula is C57H34N4S. The number of aromatic nitrogens is 4. The van der Waals surface area contributed by atoms with E-state index in [1.54, 1.807) is 0 Å². The van der Waals surface area contributed by atoms with Gasteiger partial charge < -0.3 is 4.57 Å². The maximum Gasteiger partial charge on any atom is 0.164 e. The normalized spacial score (nSPS) is 11.9. The lowest BCUT2D eigenvalue weighted by atomic mass is 9.93. The van der Waals surface area contributed by atoms with Gasteiger partial charge in [0.1, 0.15) is 0 Å². The van der Waals surface area contributed by atoms with Crippen LogP contribution in [0.25, 0.3) is 125 Å². The van der Waals surface area contributed by atoms with Crippen molar-refractivity contribution in [1.82, 2.24) is 19.5 Å². The molecule has 3 heterocycles. The molecule has 0 atom stereocenters. The molecule has 0 spiro atoms. The molecule has 0 radical (unpaired) electrons. The summed E-state index contributed by atoms with van der Waals surface area (Å²) in [5.41, 5.74) is 8.48. The van der Waals surface area contributed by atoms with Gasteiger partial charge in [-0.3, -0.25) is 0 Å². The zero-order chi connectivity index (χ0) is 40.7. The van der Waals surface area contributed by atoms with E-state index in [1.165, 1.54) is 63.4 Å². The van der Waals surface area contributed by atoms with Gasteiger partial charge in [-0.2, -0.15) is 0 Å². The molecule has 0 bridgehead atoms. The standard InChI is InChI=1S/C57H34N4S/c1-2-15-36(16-3-1)55-58-56(41-27-26-35-14-4-5-17-37(35)30-41)60-57(59-55)42-28-29-50(61-49-24-12-10-22-44(49)46-31-38-18-6-7-19-39(38)34-51(46)61)47(33-42)48-32-40-20-8-9-21-43(40)54-53(48)45-23-11-13-25-52(45)62-54/h1-34H. The monoisotopic (exact) mass is 806 g/mol. The van der Waals surface area contributed by atoms with Crippen LogP contribution in [0.15, 0.2) is 206 Å². The summed E-state index contributed by atoms with van der Waals surface area (Å²) >= 11 is 1.87. The van der Waals surface area contributed by atoms with Crippen LogP contribution in [-0.4, -0.2) is 19.5 Å². The molecule has 0 amide bonds. The van der Waals surface area contributed by atoms with E-state index in [2.05, 4.69) is 193 Å². The van der Waals surface area contributed by atoms with Gasteiger partial charge in [0, 0.05) is 53.2 Å². The molecule has 62 heavy (non-hydrogen) atoms. The summed E-state index contributed by atoms with van der Waals surface area (Å²) in [4.78, 5) is 15.7. The Morgan fingerprint density at radius 3 is 1.71 bits per heavy atom. The van der Waals surface area contributed by atoms with E-state index < -0.39 is 0 Å². The highest BCUT2D eigenvalue weighted by molar-refractivity contribution is 7.26. The summed E-state index contributed by atoms with van der Waals surface area (Å²) in [7, 11) is 0. The minimum Gasteiger partial charge on any atom is -0.309 e. The molecule has 0 N–H and O–H groups in total. The van der Waals surface area contributed by atoms with Crippen molar-refractivity contribution in [2.75, 3.05) is 0 Å². The highest BCUT2D eigenvalue weighted by atomic mass is 32.1. The largest absolute Gasteiger partial charge is 0.309 e. The molecule has 0 aliphatic carbocycles. The van der Waals surface area contributed by atoms with Crippen LogP contribution in [0.4, 0.5) is 0 Å². The molecule has 288 valence electrons. The number of nitrogens with zero attached hydrogens (tertiary/aromatic N) is 4. The molecule has 10 aromatic carbocycles. The highest BCUT2D eigenvalue weighted by Gasteiger charge is 2.22. The van der Waals surface area contributed by atoms with Crippen molar-refractivity contribution in [3.8, 4) is 51.0 Å². The molecule has 0 aliphatic heterocycles. The van der Waals surface area contributed by atoms with E-state index in [1.807, 2.05) is 29.5 Å². The van der Waals surface area contributed by atoms with Crippen molar-refractivity contribution in [1.29, 1.82) is 0 Å². The zero-order valence-corrected chi connectivity index (χ0v) is 34.1. The molecule has 0 fully saturated rings. The summed E-state index contributed by atoms with van der Waals surface area (Å²) in [6.45, 7) is 0. The first-order valence-electron chi connectivity index (χ1n) is 20.9. The third-order valence-corrected chi connectivity index (χ3v) is 13.6. The Morgan fingerprint density at radius 1 is 0.339 bits per heavy atom. The predicted octanol–water partition coefficient (Wildman–Crippen LogP) is 15.5. The molecule has 0 unspecified atom stereocenters. The predicted molar refractivity (Wildman–Crippen MR) is 261 cm³/mol. The van der Waals surface area contributed by atoms with Gasteiger partial charge in [-0.25, -0.2) is 15.0 Å². The smallest absolute Gasteiger partial charge is 0.164 e. The summed E-state index contributed by atoms with van der Waals surface area (Å²) in [6.07, 6.45) is 0. The van der Waals surface area contributed by atoms with Crippen molar-refractivity contribution < 1.29 is 0 Å². The SMILES string of the molecule is c1ccc(-c2nc(-c3ccc(-n4c5ccccc5c5cc6ccccc6cc54)c(-c4cc5ccccc5c5sc6ccccc6c45)c3)nc(-c3ccc4ccccc4c3)n2)cc1. The maximum absolute atomic E-state index is 5.29. The fourth-order valence-electron chi connectivity index (χ4n) is 9.45. The van der Waals surface area contributed by atoms with E-state index in [4.69, 9.17) is 15.0 Å². The number of hydrogen-bond acceptors (Lipinski definition) is 4. The van der Waals surface area contributed by atoms with Crippen LogP contribution in [0.1, 0.15) is 0 Å². The minimum absolute atomic E-state index is 0.621. The highest BCUT2D eigenvalue weighted by Crippen LogP contribution is 2.47. The Bertz CT molecular complexity index is 3940. The molecule has 13 rings (SSSR count). The van der Waals surface area contributed by atoms with Crippen molar-refractivity contribution >= 4 is 85.6 Å². The van der Waals surface area contributed by atoms with Gasteiger partial charge in [0.05, 0.1) is 16.7 Å². The number of rotatable bonds is 5. The van der Waals surface area contributed by atoms with Crippen molar-refractivity contribution in [2.45, 2.75) is 0 Å². The third-order valence-electron chi connectivity index (χ3n) is 12.4. The van der Waals surface area contributed by atoms with Crippen LogP contribution in [0.5, 0.6) is 0 Å². The van der Waals surface area contributed by atoms with Crippen LogP contribution in [0.3, 0.4) is 0 Å². The van der Waals surface area contributed by atoms with E-state index >= 15 is 0 Å². The van der Waals surface area contributed by atoms with Gasteiger partial charge in [0.2, 0.25) is 0 Å². The quantitative estimate of drug-likeness (QED) is 0.174. The average molecular weight is 807 g/mol. The fraction of sp³-hybridized carbons (Fsp3) is 0. The fourth-order valence-corrected chi connectivity index (χ4v) is 10.7. The van der Waals surface area contributed by atoms with E-state index in [-0.39, 0.29) is 0 Å². The van der Waals surface area contributed by atoms with Gasteiger partial charge in [0.15, 0.2) is 17.5 Å². The lowest BCUT2D eigenvalue weighted by Crippen LogP contribution is -2.02. The summed E-state index contributed by atoms with van der Waals surface area (Å²) in [5, 5.41) is 12.2. The third kappa shape index (κ3) is 5.49. The van der Waals surface area contributed by atoms with Gasteiger partial charge in [-0.15, -0.1) is 11.3 Å². The van der Waals surface area contributed by atoms with Crippen LogP contribution in [-0.2, 0) is 0 Å². The van der Waals surface area contributed by atoms with Gasteiger partial charge in [-0.05, 0) is 92.5 Å². The van der Waals surface area contributed by atoms with Crippen molar-refractivity contribution in [3.05, 3.63) is 206 Å². The Morgan fingerprint density at radius 2 is 0.919 bits per heavy atom. The Kier molecular flexibility index (Phi) is 7.74. The molecule has 4 nitrogen and oxygen atoms in total. The molecule has 0 saturated heterocycles. The van der Waals surface area contributed by atoms with E-state index in [9.17, 15) is 0 Å².